The average Bonchev–Trinajstić information content (AvgIpc) is 3.28. The number of hydrogen-bond acceptors (Lipinski definition) is 3. The second-order valence-corrected chi connectivity index (χ2v) is 5.83. The Morgan fingerprint density at radius 3 is 2.68 bits per heavy atom. The number of amides is 1. The molecule has 1 aliphatic rings. The Kier molecular flexibility index (Phi) is 2.96. The van der Waals surface area contributed by atoms with E-state index in [-0.39, 0.29) is 11.8 Å². The minimum Gasteiger partial charge on any atom is -0.436 e. The number of hydrogen-bond donors (Lipinski definition) is 1. The third-order valence-electron chi connectivity index (χ3n) is 3.89. The number of nitrogens with one attached hydrogen (secondary N) is 1. The molecular formula is C18H16N2O2. The van der Waals surface area contributed by atoms with Gasteiger partial charge in [-0.25, -0.2) is 4.98 Å². The number of nitrogens with zero attached hydrogens (tertiary/aromatic N) is 1. The maximum atomic E-state index is 11.7. The van der Waals surface area contributed by atoms with Gasteiger partial charge in [-0.15, -0.1) is 0 Å². The molecule has 1 amide bonds. The van der Waals surface area contributed by atoms with Crippen LogP contribution in [0.25, 0.3) is 22.6 Å². The molecule has 110 valence electrons. The Hall–Kier alpha value is -2.62. The van der Waals surface area contributed by atoms with Crippen molar-refractivity contribution in [3.8, 4) is 11.5 Å². The summed E-state index contributed by atoms with van der Waals surface area (Å²) in [6.07, 6.45) is 2.01. The summed E-state index contributed by atoms with van der Waals surface area (Å²) in [4.78, 5) is 16.3. The zero-order chi connectivity index (χ0) is 15.1. The summed E-state index contributed by atoms with van der Waals surface area (Å²) < 4.78 is 5.78. The van der Waals surface area contributed by atoms with E-state index in [1.54, 1.807) is 0 Å². The van der Waals surface area contributed by atoms with E-state index in [2.05, 4.69) is 10.3 Å². The number of oxazole rings is 1. The van der Waals surface area contributed by atoms with Crippen molar-refractivity contribution in [1.29, 1.82) is 0 Å². The molecule has 3 aromatic rings. The van der Waals surface area contributed by atoms with Gasteiger partial charge in [0.25, 0.3) is 0 Å². The first-order valence-electron chi connectivity index (χ1n) is 7.47. The minimum atomic E-state index is 0.116. The van der Waals surface area contributed by atoms with Crippen molar-refractivity contribution in [3.05, 3.63) is 48.0 Å². The number of benzene rings is 2. The van der Waals surface area contributed by atoms with Crippen molar-refractivity contribution in [2.45, 2.75) is 19.8 Å². The van der Waals surface area contributed by atoms with Crippen LogP contribution in [-0.2, 0) is 4.79 Å². The Morgan fingerprint density at radius 2 is 1.95 bits per heavy atom. The first kappa shape index (κ1) is 13.1. The molecule has 0 spiro atoms. The molecule has 1 fully saturated rings. The van der Waals surface area contributed by atoms with Gasteiger partial charge in [-0.3, -0.25) is 4.79 Å². The Morgan fingerprint density at radius 1 is 1.18 bits per heavy atom. The van der Waals surface area contributed by atoms with Gasteiger partial charge in [-0.1, -0.05) is 6.07 Å². The van der Waals surface area contributed by atoms with Crippen LogP contribution in [-0.4, -0.2) is 10.9 Å². The largest absolute Gasteiger partial charge is 0.436 e. The van der Waals surface area contributed by atoms with Crippen LogP contribution in [0.1, 0.15) is 18.4 Å². The van der Waals surface area contributed by atoms with Gasteiger partial charge in [0, 0.05) is 17.2 Å². The fraction of sp³-hybridized carbons (Fsp3) is 0.222. The summed E-state index contributed by atoms with van der Waals surface area (Å²) in [5.41, 5.74) is 4.52. The van der Waals surface area contributed by atoms with Crippen LogP contribution in [0.2, 0.25) is 0 Å². The predicted molar refractivity (Wildman–Crippen MR) is 85.5 cm³/mol. The SMILES string of the molecule is Cc1ccc2oc(-c3ccc(NC(=O)C4CC4)cc3)nc2c1. The fourth-order valence-corrected chi connectivity index (χ4v) is 2.45. The molecule has 0 atom stereocenters. The van der Waals surface area contributed by atoms with Gasteiger partial charge in [0.05, 0.1) is 0 Å². The van der Waals surface area contributed by atoms with Gasteiger partial charge < -0.3 is 9.73 Å². The van der Waals surface area contributed by atoms with Crippen molar-refractivity contribution in [2.75, 3.05) is 5.32 Å². The van der Waals surface area contributed by atoms with Crippen LogP contribution in [0.4, 0.5) is 5.69 Å². The lowest BCUT2D eigenvalue weighted by Crippen LogP contribution is -2.12. The lowest BCUT2D eigenvalue weighted by molar-refractivity contribution is -0.117. The second kappa shape index (κ2) is 4.98. The van der Waals surface area contributed by atoms with Gasteiger partial charge in [0.2, 0.25) is 11.8 Å². The molecule has 0 saturated heterocycles. The highest BCUT2D eigenvalue weighted by molar-refractivity contribution is 5.94. The number of aryl methyl sites for hydroxylation is 1. The van der Waals surface area contributed by atoms with Crippen molar-refractivity contribution in [1.82, 2.24) is 4.98 Å². The van der Waals surface area contributed by atoms with Crippen molar-refractivity contribution in [2.24, 2.45) is 5.92 Å². The van der Waals surface area contributed by atoms with Gasteiger partial charge in [-0.05, 0) is 61.7 Å². The highest BCUT2D eigenvalue weighted by atomic mass is 16.3. The standard InChI is InChI=1S/C18H16N2O2/c1-11-2-9-16-15(10-11)20-18(22-16)13-5-7-14(8-6-13)19-17(21)12-3-4-12/h2,5-10,12H,3-4H2,1H3,(H,19,21). The highest BCUT2D eigenvalue weighted by Gasteiger charge is 2.29. The van der Waals surface area contributed by atoms with Gasteiger partial charge in [0.15, 0.2) is 5.58 Å². The number of rotatable bonds is 3. The summed E-state index contributed by atoms with van der Waals surface area (Å²) >= 11 is 0. The van der Waals surface area contributed by atoms with E-state index in [0.29, 0.717) is 5.89 Å². The predicted octanol–water partition coefficient (Wildman–Crippen LogP) is 4.15. The molecule has 1 heterocycles. The molecule has 0 radical (unpaired) electrons. The molecule has 1 aliphatic carbocycles. The Balaban J connectivity index is 1.59. The minimum absolute atomic E-state index is 0.116. The fourth-order valence-electron chi connectivity index (χ4n) is 2.45. The van der Waals surface area contributed by atoms with Crippen LogP contribution in [0.3, 0.4) is 0 Å². The van der Waals surface area contributed by atoms with Crippen molar-refractivity contribution >= 4 is 22.7 Å². The number of carbonyl (C=O) groups excluding carboxylic acids is 1. The smallest absolute Gasteiger partial charge is 0.227 e. The van der Waals surface area contributed by atoms with E-state index < -0.39 is 0 Å². The zero-order valence-corrected chi connectivity index (χ0v) is 12.3. The molecule has 2 aromatic carbocycles. The molecule has 1 saturated carbocycles. The van der Waals surface area contributed by atoms with Gasteiger partial charge >= 0.3 is 0 Å². The van der Waals surface area contributed by atoms with Gasteiger partial charge in [-0.2, -0.15) is 0 Å². The maximum Gasteiger partial charge on any atom is 0.227 e. The maximum absolute atomic E-state index is 11.7. The highest BCUT2D eigenvalue weighted by Crippen LogP contribution is 2.31. The van der Waals surface area contributed by atoms with E-state index in [0.717, 1.165) is 40.8 Å². The zero-order valence-electron chi connectivity index (χ0n) is 12.3. The number of carbonyl (C=O) groups is 1. The number of aromatic nitrogens is 1. The lowest BCUT2D eigenvalue weighted by atomic mass is 10.2. The second-order valence-electron chi connectivity index (χ2n) is 5.83. The number of anilines is 1. The topological polar surface area (TPSA) is 55.1 Å². The molecule has 4 rings (SSSR count). The molecule has 0 bridgehead atoms. The average molecular weight is 292 g/mol. The van der Waals surface area contributed by atoms with E-state index in [1.807, 2.05) is 49.4 Å². The molecule has 4 heteroatoms. The van der Waals surface area contributed by atoms with Crippen LogP contribution in [0.15, 0.2) is 46.9 Å². The molecule has 4 nitrogen and oxygen atoms in total. The van der Waals surface area contributed by atoms with Crippen molar-refractivity contribution < 1.29 is 9.21 Å². The van der Waals surface area contributed by atoms with Crippen LogP contribution in [0, 0.1) is 12.8 Å². The Labute approximate surface area is 128 Å². The molecule has 1 aromatic heterocycles. The van der Waals surface area contributed by atoms with E-state index in [1.165, 1.54) is 0 Å². The van der Waals surface area contributed by atoms with E-state index in [4.69, 9.17) is 4.42 Å². The normalized spacial score (nSPS) is 14.2. The quantitative estimate of drug-likeness (QED) is 0.789. The number of fused-ring (bicyclic) bond motifs is 1. The summed E-state index contributed by atoms with van der Waals surface area (Å²) in [5, 5.41) is 2.93. The monoisotopic (exact) mass is 292 g/mol. The molecule has 22 heavy (non-hydrogen) atoms. The van der Waals surface area contributed by atoms with Crippen LogP contribution >= 0.6 is 0 Å². The third kappa shape index (κ3) is 2.48. The molecule has 0 unspecified atom stereocenters. The van der Waals surface area contributed by atoms with Crippen LogP contribution in [0.5, 0.6) is 0 Å². The third-order valence-corrected chi connectivity index (χ3v) is 3.89. The first-order valence-corrected chi connectivity index (χ1v) is 7.47. The van der Waals surface area contributed by atoms with E-state index >= 15 is 0 Å². The Bertz CT molecular complexity index is 845. The summed E-state index contributed by atoms with van der Waals surface area (Å²) in [7, 11) is 0. The molecule has 1 N–H and O–H groups in total. The van der Waals surface area contributed by atoms with Crippen molar-refractivity contribution in [3.63, 3.8) is 0 Å². The van der Waals surface area contributed by atoms with Gasteiger partial charge in [0.1, 0.15) is 5.52 Å². The van der Waals surface area contributed by atoms with E-state index in [9.17, 15) is 4.79 Å². The first-order chi connectivity index (χ1) is 10.7. The lowest BCUT2D eigenvalue weighted by Gasteiger charge is -2.04. The summed E-state index contributed by atoms with van der Waals surface area (Å²) in [5.74, 6) is 0.922. The molecular weight excluding hydrogens is 276 g/mol. The van der Waals surface area contributed by atoms with Crippen LogP contribution < -0.4 is 5.32 Å². The summed E-state index contributed by atoms with van der Waals surface area (Å²) in [6, 6.07) is 13.6. The summed E-state index contributed by atoms with van der Waals surface area (Å²) in [6.45, 7) is 2.03. The molecule has 0 aliphatic heterocycles.